The molecule has 90 valence electrons. The van der Waals surface area contributed by atoms with Gasteiger partial charge in [-0.15, -0.1) is 0 Å². The van der Waals surface area contributed by atoms with Crippen LogP contribution in [0.4, 0.5) is 0 Å². The van der Waals surface area contributed by atoms with Gasteiger partial charge in [0.25, 0.3) is 0 Å². The monoisotopic (exact) mass is 237 g/mol. The van der Waals surface area contributed by atoms with Gasteiger partial charge in [-0.25, -0.2) is 9.67 Å². The summed E-state index contributed by atoms with van der Waals surface area (Å²) in [5.41, 5.74) is 1.91. The summed E-state index contributed by atoms with van der Waals surface area (Å²) in [6.07, 6.45) is 5.33. The molecule has 2 aromatic rings. The molecule has 18 heavy (non-hydrogen) atoms. The van der Waals surface area contributed by atoms with Crippen LogP contribution in [0.25, 0.3) is 17.0 Å². The maximum Gasteiger partial charge on any atom is 0.181 e. The molecule has 1 heterocycles. The smallest absolute Gasteiger partial charge is 0.181 e. The van der Waals surface area contributed by atoms with Gasteiger partial charge in [-0.1, -0.05) is 61.7 Å². The molecule has 0 unspecified atom stereocenters. The van der Waals surface area contributed by atoms with Crippen molar-refractivity contribution in [2.75, 3.05) is 0 Å². The first-order chi connectivity index (χ1) is 8.76. The lowest BCUT2D eigenvalue weighted by molar-refractivity contribution is 0.756. The first kappa shape index (κ1) is 12.0. The molecule has 0 aliphatic carbocycles. The van der Waals surface area contributed by atoms with Crippen LogP contribution in [-0.4, -0.2) is 14.8 Å². The van der Waals surface area contributed by atoms with Gasteiger partial charge in [-0.05, 0) is 0 Å². The zero-order chi connectivity index (χ0) is 13.0. The molecule has 0 radical (unpaired) electrons. The minimum atomic E-state index is 0.713. The summed E-state index contributed by atoms with van der Waals surface area (Å²) in [6, 6.07) is 9.90. The molecule has 1 aromatic carbocycles. The third kappa shape index (κ3) is 2.30. The summed E-state index contributed by atoms with van der Waals surface area (Å²) in [6.45, 7) is 7.47. The zero-order valence-corrected chi connectivity index (χ0v) is 10.4. The number of benzene rings is 1. The van der Waals surface area contributed by atoms with Gasteiger partial charge in [0.2, 0.25) is 0 Å². The first-order valence-corrected chi connectivity index (χ1v) is 5.68. The highest BCUT2D eigenvalue weighted by Gasteiger charge is 2.10. The second-order valence-corrected chi connectivity index (χ2v) is 3.81. The van der Waals surface area contributed by atoms with Gasteiger partial charge in [0.05, 0.1) is 0 Å². The van der Waals surface area contributed by atoms with Crippen LogP contribution in [0.3, 0.4) is 0 Å². The van der Waals surface area contributed by atoms with Gasteiger partial charge < -0.3 is 0 Å². The molecule has 0 spiro atoms. The zero-order valence-electron chi connectivity index (χ0n) is 10.4. The Hall–Kier alpha value is -2.42. The van der Waals surface area contributed by atoms with Gasteiger partial charge in [0.15, 0.2) is 11.6 Å². The molecule has 0 atom stereocenters. The topological polar surface area (TPSA) is 30.7 Å². The van der Waals surface area contributed by atoms with Crippen LogP contribution in [-0.2, 0) is 7.05 Å². The van der Waals surface area contributed by atoms with Crippen LogP contribution in [0, 0.1) is 0 Å². The number of rotatable bonds is 4. The van der Waals surface area contributed by atoms with Crippen molar-refractivity contribution in [3.05, 3.63) is 67.5 Å². The van der Waals surface area contributed by atoms with E-state index in [-0.39, 0.29) is 0 Å². The Balaban J connectivity index is 2.48. The summed E-state index contributed by atoms with van der Waals surface area (Å²) in [5, 5.41) is 4.41. The summed E-state index contributed by atoms with van der Waals surface area (Å²) in [4.78, 5) is 4.53. The fourth-order valence-corrected chi connectivity index (χ4v) is 1.71. The van der Waals surface area contributed by atoms with E-state index in [9.17, 15) is 0 Å². The highest BCUT2D eigenvalue weighted by atomic mass is 15.3. The lowest BCUT2D eigenvalue weighted by Gasteiger charge is -1.98. The Morgan fingerprint density at radius 2 is 1.94 bits per heavy atom. The Bertz CT molecular complexity index is 591. The fraction of sp³-hybridized carbons (Fsp3) is 0.0667. The van der Waals surface area contributed by atoms with Gasteiger partial charge in [0, 0.05) is 18.2 Å². The minimum Gasteiger partial charge on any atom is -0.248 e. The fourth-order valence-electron chi connectivity index (χ4n) is 1.71. The molecule has 1 aromatic heterocycles. The quantitative estimate of drug-likeness (QED) is 0.764. The van der Waals surface area contributed by atoms with Crippen LogP contribution in [0.1, 0.15) is 5.82 Å². The molecule has 2 rings (SSSR count). The predicted molar refractivity (Wildman–Crippen MR) is 74.8 cm³/mol. The van der Waals surface area contributed by atoms with Crippen molar-refractivity contribution in [1.29, 1.82) is 0 Å². The first-order valence-electron chi connectivity index (χ1n) is 5.68. The largest absolute Gasteiger partial charge is 0.248 e. The highest BCUT2D eigenvalue weighted by molar-refractivity contribution is 5.71. The summed E-state index contributed by atoms with van der Waals surface area (Å²) in [5.74, 6) is 1.49. The molecule has 0 aliphatic rings. The highest BCUT2D eigenvalue weighted by Crippen LogP contribution is 2.19. The van der Waals surface area contributed by atoms with E-state index in [2.05, 4.69) is 23.2 Å². The van der Waals surface area contributed by atoms with Crippen molar-refractivity contribution in [2.24, 2.45) is 7.05 Å². The molecular formula is C15H15N3. The van der Waals surface area contributed by atoms with E-state index >= 15 is 0 Å². The summed E-state index contributed by atoms with van der Waals surface area (Å²) >= 11 is 0. The van der Waals surface area contributed by atoms with Crippen molar-refractivity contribution in [2.45, 2.75) is 0 Å². The van der Waals surface area contributed by atoms with Crippen molar-refractivity contribution in [3.63, 3.8) is 0 Å². The van der Waals surface area contributed by atoms with Gasteiger partial charge in [0.1, 0.15) is 0 Å². The number of hydrogen-bond donors (Lipinski definition) is 0. The van der Waals surface area contributed by atoms with E-state index in [0.717, 1.165) is 17.0 Å². The molecule has 0 saturated heterocycles. The molecule has 3 heteroatoms. The normalized spacial score (nSPS) is 11.3. The van der Waals surface area contributed by atoms with Gasteiger partial charge in [-0.2, -0.15) is 5.10 Å². The van der Waals surface area contributed by atoms with Crippen LogP contribution in [0.5, 0.6) is 0 Å². The maximum absolute atomic E-state index is 4.53. The van der Waals surface area contributed by atoms with E-state index in [1.165, 1.54) is 0 Å². The van der Waals surface area contributed by atoms with Crippen LogP contribution >= 0.6 is 0 Å². The molecule has 0 bridgehead atoms. The van der Waals surface area contributed by atoms with Crippen LogP contribution in [0.15, 0.2) is 61.7 Å². The predicted octanol–water partition coefficient (Wildman–Crippen LogP) is 3.24. The number of aryl methyl sites for hydroxylation is 1. The second-order valence-electron chi connectivity index (χ2n) is 3.81. The molecule has 0 saturated carbocycles. The molecule has 0 N–H and O–H groups in total. The Morgan fingerprint density at radius 3 is 2.56 bits per heavy atom. The van der Waals surface area contributed by atoms with Gasteiger partial charge >= 0.3 is 0 Å². The van der Waals surface area contributed by atoms with E-state index < -0.39 is 0 Å². The molecule has 0 fully saturated rings. The van der Waals surface area contributed by atoms with E-state index in [1.807, 2.05) is 43.5 Å². The SMILES string of the molecule is C=C/C=C(\C=C)c1nc(-c2ccccc2)nn1C. The Kier molecular flexibility index (Phi) is 3.53. The number of hydrogen-bond acceptors (Lipinski definition) is 2. The van der Waals surface area contributed by atoms with Crippen molar-refractivity contribution in [1.82, 2.24) is 14.8 Å². The van der Waals surface area contributed by atoms with E-state index in [0.29, 0.717) is 5.82 Å². The lowest BCUT2D eigenvalue weighted by Crippen LogP contribution is -1.97. The van der Waals surface area contributed by atoms with Crippen molar-refractivity contribution in [3.8, 4) is 11.4 Å². The second kappa shape index (κ2) is 5.27. The average molecular weight is 237 g/mol. The minimum absolute atomic E-state index is 0.713. The van der Waals surface area contributed by atoms with Crippen molar-refractivity contribution >= 4 is 5.57 Å². The van der Waals surface area contributed by atoms with Crippen LogP contribution in [0.2, 0.25) is 0 Å². The van der Waals surface area contributed by atoms with Gasteiger partial charge in [-0.3, -0.25) is 0 Å². The Labute approximate surface area is 107 Å². The molecule has 3 nitrogen and oxygen atoms in total. The van der Waals surface area contributed by atoms with E-state index in [1.54, 1.807) is 16.8 Å². The lowest BCUT2D eigenvalue weighted by atomic mass is 10.2. The maximum atomic E-state index is 4.53. The summed E-state index contributed by atoms with van der Waals surface area (Å²) < 4.78 is 1.75. The standard InChI is InChI=1S/C15H15N3/c1-4-9-12(5-2)15-16-14(17-18(15)3)13-10-7-6-8-11-13/h4-11H,1-2H2,3H3/b12-9+. The molecular weight excluding hydrogens is 222 g/mol. The molecule has 0 aliphatic heterocycles. The number of aromatic nitrogens is 3. The Morgan fingerprint density at radius 1 is 1.22 bits per heavy atom. The molecule has 0 amide bonds. The third-order valence-corrected chi connectivity index (χ3v) is 2.57. The number of nitrogens with zero attached hydrogens (tertiary/aromatic N) is 3. The van der Waals surface area contributed by atoms with Crippen molar-refractivity contribution < 1.29 is 0 Å². The third-order valence-electron chi connectivity index (χ3n) is 2.57. The summed E-state index contributed by atoms with van der Waals surface area (Å²) in [7, 11) is 1.87. The average Bonchev–Trinajstić information content (AvgIpc) is 2.79. The number of allylic oxidation sites excluding steroid dienone is 4. The van der Waals surface area contributed by atoms with Crippen LogP contribution < -0.4 is 0 Å². The van der Waals surface area contributed by atoms with E-state index in [4.69, 9.17) is 0 Å².